The van der Waals surface area contributed by atoms with Gasteiger partial charge in [-0.3, -0.25) is 19.3 Å². The van der Waals surface area contributed by atoms with Crippen molar-refractivity contribution in [2.24, 2.45) is 34.0 Å². The van der Waals surface area contributed by atoms with Crippen LogP contribution in [0.25, 0.3) is 0 Å². The van der Waals surface area contributed by atoms with Gasteiger partial charge in [0.2, 0.25) is 0 Å². The summed E-state index contributed by atoms with van der Waals surface area (Å²) in [6.45, 7) is 13.0. The number of fused-ring (bicyclic) bond motifs is 1. The highest BCUT2D eigenvalue weighted by Gasteiger charge is 3.02. The van der Waals surface area contributed by atoms with E-state index in [0.29, 0.717) is 31.4 Å². The van der Waals surface area contributed by atoms with Crippen LogP contribution in [0.5, 0.6) is 0 Å². The van der Waals surface area contributed by atoms with E-state index in [-0.39, 0.29) is 24.3 Å². The van der Waals surface area contributed by atoms with Crippen LogP contribution in [0.2, 0.25) is 0 Å². The second-order valence-electron chi connectivity index (χ2n) is 13.9. The summed E-state index contributed by atoms with van der Waals surface area (Å²) < 4.78 is 18.5. The first-order valence-corrected chi connectivity index (χ1v) is 14.3. The van der Waals surface area contributed by atoms with Gasteiger partial charge in [0, 0.05) is 43.2 Å². The lowest BCUT2D eigenvalue weighted by atomic mass is 9.36. The molecule has 9 aliphatic rings. The normalized spacial score (nSPS) is 57.4. The number of nitrogens with zero attached hydrogens (tertiary/aromatic N) is 1. The van der Waals surface area contributed by atoms with E-state index in [9.17, 15) is 29.7 Å². The summed E-state index contributed by atoms with van der Waals surface area (Å²) in [6, 6.07) is -0.679. The first kappa shape index (κ1) is 25.9. The molecule has 3 aliphatic heterocycles. The number of aliphatic hydroxyl groups excluding tert-OH is 2. The molecule has 0 amide bonds. The molecule has 39 heavy (non-hydrogen) atoms. The average Bonchev–Trinajstić information content (AvgIpc) is 3.27. The first-order chi connectivity index (χ1) is 18.2. The first-order valence-electron chi connectivity index (χ1n) is 14.3. The van der Waals surface area contributed by atoms with E-state index in [4.69, 9.17) is 14.2 Å². The molecule has 3 heterocycles. The topological polar surface area (TPSA) is 143 Å². The maximum Gasteiger partial charge on any atom is 0.309 e. The zero-order valence-corrected chi connectivity index (χ0v) is 23.2. The van der Waals surface area contributed by atoms with E-state index in [2.05, 4.69) is 11.5 Å². The van der Waals surface area contributed by atoms with Gasteiger partial charge >= 0.3 is 17.9 Å². The molecule has 0 aromatic carbocycles. The van der Waals surface area contributed by atoms with Crippen molar-refractivity contribution in [3.05, 3.63) is 12.2 Å². The van der Waals surface area contributed by atoms with Crippen LogP contribution in [0.4, 0.5) is 0 Å². The Kier molecular flexibility index (Phi) is 4.82. The Bertz CT molecular complexity index is 1220. The van der Waals surface area contributed by atoms with Gasteiger partial charge in [-0.1, -0.05) is 32.9 Å². The predicted molar refractivity (Wildman–Crippen MR) is 134 cm³/mol. The SMILES string of the molecule is C=C1C[C@]23C[C@H]4[C@@H]5[C@]6(C)CN4[C@@H]4[C@@]2(O)[C@H](O)[C@H]1[C@@H](O)[C@@]3(OC(C)=O)[C@]54C[C@@H](OC(=O)C(C)CC)[C@H]6OC(C)=O. The molecule has 3 N–H and O–H groups in total. The number of esters is 3. The minimum atomic E-state index is -1.67. The van der Waals surface area contributed by atoms with Crippen LogP contribution in [-0.4, -0.2) is 92.4 Å². The van der Waals surface area contributed by atoms with Gasteiger partial charge in [0.15, 0.2) is 5.60 Å². The van der Waals surface area contributed by atoms with Crippen LogP contribution < -0.4 is 0 Å². The number of hydrogen-bond acceptors (Lipinski definition) is 10. The van der Waals surface area contributed by atoms with Gasteiger partial charge in [-0.05, 0) is 31.6 Å². The molecule has 10 nitrogen and oxygen atoms in total. The third kappa shape index (κ3) is 2.32. The van der Waals surface area contributed by atoms with Gasteiger partial charge in [-0.25, -0.2) is 0 Å². The summed E-state index contributed by atoms with van der Waals surface area (Å²) in [6.07, 6.45) is -2.79. The van der Waals surface area contributed by atoms with Crippen molar-refractivity contribution in [3.63, 3.8) is 0 Å². The molecule has 9 bridgehead atoms. The lowest BCUT2D eigenvalue weighted by Crippen LogP contribution is -2.83. The number of hydrogen-bond donors (Lipinski definition) is 3. The fraction of sp³-hybridized carbons (Fsp3) is 0.828. The predicted octanol–water partition coefficient (Wildman–Crippen LogP) is 0.703. The summed E-state index contributed by atoms with van der Waals surface area (Å²) in [5.41, 5.74) is -5.45. The van der Waals surface area contributed by atoms with Crippen molar-refractivity contribution in [3.8, 4) is 0 Å². The van der Waals surface area contributed by atoms with Crippen LogP contribution in [0.3, 0.4) is 0 Å². The standard InChI is InChI=1S/C29H39NO9/c1-7-12(2)23(35)38-17-10-27-19-16-9-26-8-13(3)18(21(34)29(26,27)39-15(5)32)20(33)28(26,36)24(27)30(16)11-25(19,6)22(17)37-14(4)31/h12,16-22,24,33-34,36H,3,7-11H2,1-2,4-6H3/t12?,16-,17+,18-,19+,20+,21+,22+,24-,25-,26-,27+,28-,29-/m0/s1. The molecular formula is C29H39NO9. The number of piperidine rings is 2. The number of carbonyl (C=O) groups excluding carboxylic acids is 3. The van der Waals surface area contributed by atoms with E-state index in [1.807, 2.05) is 13.8 Å². The molecule has 0 radical (unpaired) electrons. The maximum atomic E-state index is 13.2. The van der Waals surface area contributed by atoms with Crippen molar-refractivity contribution in [2.45, 2.75) is 108 Å². The lowest BCUT2D eigenvalue weighted by molar-refractivity contribution is -0.347. The van der Waals surface area contributed by atoms with E-state index in [1.54, 1.807) is 6.92 Å². The van der Waals surface area contributed by atoms with Crippen molar-refractivity contribution >= 4 is 17.9 Å². The maximum absolute atomic E-state index is 13.2. The lowest BCUT2D eigenvalue weighted by Gasteiger charge is -2.72. The molecule has 2 spiro atoms. The molecule has 0 aromatic heterocycles. The minimum absolute atomic E-state index is 0.0462. The molecule has 0 aromatic rings. The summed E-state index contributed by atoms with van der Waals surface area (Å²) in [7, 11) is 0. The highest BCUT2D eigenvalue weighted by Crippen LogP contribution is 2.90. The number of aliphatic hydroxyl groups is 3. The van der Waals surface area contributed by atoms with E-state index < -0.39 is 81.7 Å². The van der Waals surface area contributed by atoms with Crippen LogP contribution in [-0.2, 0) is 28.6 Å². The van der Waals surface area contributed by atoms with Crippen molar-refractivity contribution < 1.29 is 43.9 Å². The van der Waals surface area contributed by atoms with Gasteiger partial charge in [-0.2, -0.15) is 0 Å². The van der Waals surface area contributed by atoms with Crippen LogP contribution in [0, 0.1) is 34.0 Å². The fourth-order valence-corrected chi connectivity index (χ4v) is 11.8. The van der Waals surface area contributed by atoms with Crippen LogP contribution in [0.15, 0.2) is 12.2 Å². The third-order valence-corrected chi connectivity index (χ3v) is 12.5. The number of carbonyl (C=O) groups is 3. The molecule has 15 atom stereocenters. The van der Waals surface area contributed by atoms with Crippen LogP contribution in [0.1, 0.15) is 60.3 Å². The molecule has 9 fully saturated rings. The number of rotatable bonds is 5. The number of ether oxygens (including phenoxy) is 3. The fourth-order valence-electron chi connectivity index (χ4n) is 11.8. The molecule has 2 unspecified atom stereocenters. The summed E-state index contributed by atoms with van der Waals surface area (Å²) >= 11 is 0. The second-order valence-corrected chi connectivity index (χ2v) is 13.9. The highest BCUT2D eigenvalue weighted by molar-refractivity contribution is 5.73. The van der Waals surface area contributed by atoms with E-state index in [0.717, 1.165) is 0 Å². The van der Waals surface area contributed by atoms with Crippen LogP contribution >= 0.6 is 0 Å². The monoisotopic (exact) mass is 545 g/mol. The highest BCUT2D eigenvalue weighted by atomic mass is 16.6. The Hall–Kier alpha value is -2.01. The molecule has 3 saturated heterocycles. The quantitative estimate of drug-likeness (QED) is 0.257. The zero-order chi connectivity index (χ0) is 28.2. The molecular weight excluding hydrogens is 506 g/mol. The Balaban J connectivity index is 1.48. The third-order valence-electron chi connectivity index (χ3n) is 12.5. The largest absolute Gasteiger partial charge is 0.458 e. The molecule has 10 heteroatoms. The van der Waals surface area contributed by atoms with Gasteiger partial charge in [0.25, 0.3) is 0 Å². The van der Waals surface area contributed by atoms with Gasteiger partial charge in [0.05, 0.1) is 23.5 Å². The van der Waals surface area contributed by atoms with Gasteiger partial charge in [-0.15, -0.1) is 0 Å². The average molecular weight is 546 g/mol. The summed E-state index contributed by atoms with van der Waals surface area (Å²) in [5, 5.41) is 36.7. The summed E-state index contributed by atoms with van der Waals surface area (Å²) in [4.78, 5) is 40.7. The van der Waals surface area contributed by atoms with Crippen molar-refractivity contribution in [1.29, 1.82) is 0 Å². The Morgan fingerprint density at radius 1 is 1.13 bits per heavy atom. The van der Waals surface area contributed by atoms with Crippen molar-refractivity contribution in [1.82, 2.24) is 4.90 Å². The molecule has 6 saturated carbocycles. The Morgan fingerprint density at radius 3 is 2.44 bits per heavy atom. The molecule has 214 valence electrons. The van der Waals surface area contributed by atoms with Gasteiger partial charge < -0.3 is 29.5 Å². The minimum Gasteiger partial charge on any atom is -0.458 e. The smallest absolute Gasteiger partial charge is 0.309 e. The second kappa shape index (κ2) is 7.24. The van der Waals surface area contributed by atoms with Gasteiger partial charge in [0.1, 0.15) is 23.9 Å². The molecule has 6 aliphatic carbocycles. The van der Waals surface area contributed by atoms with E-state index in [1.165, 1.54) is 13.8 Å². The molecule has 9 rings (SSSR count). The zero-order valence-electron chi connectivity index (χ0n) is 23.2. The summed E-state index contributed by atoms with van der Waals surface area (Å²) in [5.74, 6) is -2.96. The Morgan fingerprint density at radius 2 is 1.82 bits per heavy atom. The Labute approximate surface area is 227 Å². The van der Waals surface area contributed by atoms with Crippen molar-refractivity contribution in [2.75, 3.05) is 6.54 Å². The van der Waals surface area contributed by atoms with E-state index >= 15 is 0 Å².